The molecule has 1 fully saturated rings. The molecule has 0 radical (unpaired) electrons. The molecular weight excluding hydrogens is 410 g/mol. The Morgan fingerprint density at radius 3 is 2.48 bits per heavy atom. The molecule has 116 valence electrons. The fourth-order valence-corrected chi connectivity index (χ4v) is 2.78. The van der Waals surface area contributed by atoms with E-state index in [1.807, 2.05) is 24.3 Å². The molecule has 0 aromatic heterocycles. The van der Waals surface area contributed by atoms with Gasteiger partial charge in [-0.2, -0.15) is 0 Å². The third-order valence-corrected chi connectivity index (χ3v) is 4.40. The number of rotatable bonds is 3. The molecule has 1 aliphatic rings. The molecule has 3 rings (SSSR count). The summed E-state index contributed by atoms with van der Waals surface area (Å²) in [7, 11) is 0. The Kier molecular flexibility index (Phi) is 4.42. The van der Waals surface area contributed by atoms with E-state index in [0.29, 0.717) is 5.56 Å². The summed E-state index contributed by atoms with van der Waals surface area (Å²) in [5.74, 6) is -0.746. The van der Waals surface area contributed by atoms with Crippen molar-refractivity contribution in [2.24, 2.45) is 0 Å². The minimum atomic E-state index is -0.475. The molecule has 6 heteroatoms. The SMILES string of the molecule is O=C1N/C(=C\c2ccccc2I)C(=O)N1Cc1ccc(F)cc1. The number of carbonyl (C=O) groups is 2. The monoisotopic (exact) mass is 422 g/mol. The van der Waals surface area contributed by atoms with Crippen LogP contribution in [-0.4, -0.2) is 16.8 Å². The normalized spacial score (nSPS) is 16.1. The first-order valence-electron chi connectivity index (χ1n) is 6.88. The zero-order valence-corrected chi connectivity index (χ0v) is 14.1. The summed E-state index contributed by atoms with van der Waals surface area (Å²) in [6, 6.07) is 12.8. The van der Waals surface area contributed by atoms with Gasteiger partial charge in [0, 0.05) is 3.57 Å². The van der Waals surface area contributed by atoms with Crippen molar-refractivity contribution in [1.29, 1.82) is 0 Å². The van der Waals surface area contributed by atoms with Crippen LogP contribution in [0.4, 0.5) is 9.18 Å². The molecule has 3 amide bonds. The summed E-state index contributed by atoms with van der Waals surface area (Å²) < 4.78 is 13.9. The van der Waals surface area contributed by atoms with Crippen LogP contribution in [0.3, 0.4) is 0 Å². The number of halogens is 2. The predicted octanol–water partition coefficient (Wildman–Crippen LogP) is 3.52. The van der Waals surface area contributed by atoms with E-state index in [1.165, 1.54) is 12.1 Å². The van der Waals surface area contributed by atoms with Crippen molar-refractivity contribution in [2.75, 3.05) is 0 Å². The van der Waals surface area contributed by atoms with Gasteiger partial charge in [-0.15, -0.1) is 0 Å². The fraction of sp³-hybridized carbons (Fsp3) is 0.0588. The molecule has 4 nitrogen and oxygen atoms in total. The van der Waals surface area contributed by atoms with E-state index in [2.05, 4.69) is 27.9 Å². The number of nitrogens with one attached hydrogen (secondary N) is 1. The maximum absolute atomic E-state index is 12.9. The van der Waals surface area contributed by atoms with Crippen molar-refractivity contribution in [2.45, 2.75) is 6.54 Å². The summed E-state index contributed by atoms with van der Waals surface area (Å²) in [6.07, 6.45) is 1.66. The Balaban J connectivity index is 1.82. The first kappa shape index (κ1) is 15.7. The number of nitrogens with zero attached hydrogens (tertiary/aromatic N) is 1. The van der Waals surface area contributed by atoms with Gasteiger partial charge in [0.2, 0.25) is 0 Å². The van der Waals surface area contributed by atoms with Crippen LogP contribution >= 0.6 is 22.6 Å². The number of carbonyl (C=O) groups excluding carboxylic acids is 2. The van der Waals surface area contributed by atoms with Crippen molar-refractivity contribution < 1.29 is 14.0 Å². The summed E-state index contributed by atoms with van der Waals surface area (Å²) in [5, 5.41) is 2.58. The molecule has 1 heterocycles. The van der Waals surface area contributed by atoms with Gasteiger partial charge in [-0.25, -0.2) is 9.18 Å². The Morgan fingerprint density at radius 1 is 1.09 bits per heavy atom. The zero-order valence-electron chi connectivity index (χ0n) is 11.9. The van der Waals surface area contributed by atoms with E-state index in [-0.39, 0.29) is 24.0 Å². The molecule has 0 unspecified atom stereocenters. The van der Waals surface area contributed by atoms with Crippen molar-refractivity contribution in [1.82, 2.24) is 10.2 Å². The standard InChI is InChI=1S/C17H12FIN2O2/c18-13-7-5-11(6-8-13)10-21-16(22)15(20-17(21)23)9-12-3-1-2-4-14(12)19/h1-9H,10H2,(H,20,23)/b15-9-. The molecule has 23 heavy (non-hydrogen) atoms. The van der Waals surface area contributed by atoms with Gasteiger partial charge in [0.15, 0.2) is 0 Å². The molecule has 2 aromatic rings. The first-order chi connectivity index (χ1) is 11.0. The third-order valence-electron chi connectivity index (χ3n) is 3.42. The quantitative estimate of drug-likeness (QED) is 0.468. The second kappa shape index (κ2) is 6.49. The van der Waals surface area contributed by atoms with Gasteiger partial charge in [0.05, 0.1) is 6.54 Å². The lowest BCUT2D eigenvalue weighted by molar-refractivity contribution is -0.123. The molecule has 0 aliphatic carbocycles. The Morgan fingerprint density at radius 2 is 1.78 bits per heavy atom. The Hall–Kier alpha value is -2.22. The van der Waals surface area contributed by atoms with Crippen molar-refractivity contribution in [3.05, 3.63) is 74.7 Å². The molecule has 2 aromatic carbocycles. The van der Waals surface area contributed by atoms with Gasteiger partial charge in [0.1, 0.15) is 11.5 Å². The van der Waals surface area contributed by atoms with E-state index in [0.717, 1.165) is 14.0 Å². The second-order valence-electron chi connectivity index (χ2n) is 5.03. The highest BCUT2D eigenvalue weighted by molar-refractivity contribution is 14.1. The molecule has 0 spiro atoms. The van der Waals surface area contributed by atoms with E-state index in [1.54, 1.807) is 18.2 Å². The summed E-state index contributed by atoms with van der Waals surface area (Å²) in [6.45, 7) is 0.105. The first-order valence-corrected chi connectivity index (χ1v) is 7.96. The van der Waals surface area contributed by atoms with Gasteiger partial charge >= 0.3 is 6.03 Å². The molecule has 0 atom stereocenters. The maximum atomic E-state index is 12.9. The maximum Gasteiger partial charge on any atom is 0.329 e. The van der Waals surface area contributed by atoms with E-state index in [9.17, 15) is 14.0 Å². The molecular formula is C17H12FIN2O2. The van der Waals surface area contributed by atoms with Crippen LogP contribution < -0.4 is 5.32 Å². The van der Waals surface area contributed by atoms with Crippen LogP contribution in [0.15, 0.2) is 54.2 Å². The average molecular weight is 422 g/mol. The van der Waals surface area contributed by atoms with E-state index < -0.39 is 6.03 Å². The van der Waals surface area contributed by atoms with Crippen LogP contribution in [0.25, 0.3) is 6.08 Å². The largest absolute Gasteiger partial charge is 0.329 e. The smallest absolute Gasteiger partial charge is 0.303 e. The minimum absolute atomic E-state index is 0.105. The van der Waals surface area contributed by atoms with Gasteiger partial charge in [-0.05, 0) is 58.0 Å². The number of benzene rings is 2. The zero-order chi connectivity index (χ0) is 16.4. The molecule has 0 saturated carbocycles. The topological polar surface area (TPSA) is 49.4 Å². The van der Waals surface area contributed by atoms with Crippen LogP contribution in [0, 0.1) is 9.39 Å². The molecule has 1 N–H and O–H groups in total. The number of hydrogen-bond acceptors (Lipinski definition) is 2. The van der Waals surface area contributed by atoms with Crippen molar-refractivity contribution >= 4 is 40.6 Å². The van der Waals surface area contributed by atoms with Crippen LogP contribution in [0.1, 0.15) is 11.1 Å². The van der Waals surface area contributed by atoms with Crippen LogP contribution in [-0.2, 0) is 11.3 Å². The lowest BCUT2D eigenvalue weighted by atomic mass is 10.2. The third kappa shape index (κ3) is 3.42. The van der Waals surface area contributed by atoms with Crippen LogP contribution in [0.2, 0.25) is 0 Å². The molecule has 1 saturated heterocycles. The van der Waals surface area contributed by atoms with Crippen LogP contribution in [0.5, 0.6) is 0 Å². The van der Waals surface area contributed by atoms with E-state index >= 15 is 0 Å². The van der Waals surface area contributed by atoms with Crippen molar-refractivity contribution in [3.63, 3.8) is 0 Å². The van der Waals surface area contributed by atoms with Gasteiger partial charge < -0.3 is 5.32 Å². The second-order valence-corrected chi connectivity index (χ2v) is 6.19. The lowest BCUT2D eigenvalue weighted by Crippen LogP contribution is -2.30. The number of urea groups is 1. The molecule has 1 aliphatic heterocycles. The van der Waals surface area contributed by atoms with Gasteiger partial charge in [-0.1, -0.05) is 30.3 Å². The van der Waals surface area contributed by atoms with Crippen molar-refractivity contribution in [3.8, 4) is 0 Å². The lowest BCUT2D eigenvalue weighted by Gasteiger charge is -2.11. The fourth-order valence-electron chi connectivity index (χ4n) is 2.24. The number of hydrogen-bond donors (Lipinski definition) is 1. The minimum Gasteiger partial charge on any atom is -0.303 e. The van der Waals surface area contributed by atoms with Gasteiger partial charge in [0.25, 0.3) is 5.91 Å². The number of imide groups is 1. The van der Waals surface area contributed by atoms with E-state index in [4.69, 9.17) is 0 Å². The summed E-state index contributed by atoms with van der Waals surface area (Å²) >= 11 is 2.17. The molecule has 0 bridgehead atoms. The summed E-state index contributed by atoms with van der Waals surface area (Å²) in [4.78, 5) is 25.5. The highest BCUT2D eigenvalue weighted by Crippen LogP contribution is 2.19. The predicted molar refractivity (Wildman–Crippen MR) is 92.6 cm³/mol. The Labute approximate surface area is 146 Å². The average Bonchev–Trinajstić information content (AvgIpc) is 2.79. The Bertz CT molecular complexity index is 802. The van der Waals surface area contributed by atoms with Gasteiger partial charge in [-0.3, -0.25) is 9.69 Å². The highest BCUT2D eigenvalue weighted by Gasteiger charge is 2.33. The summed E-state index contributed by atoms with van der Waals surface area (Å²) in [5.41, 5.74) is 1.78. The highest BCUT2D eigenvalue weighted by atomic mass is 127. The number of amides is 3.